The Morgan fingerprint density at radius 2 is 1.69 bits per heavy atom. The van der Waals surface area contributed by atoms with E-state index in [1.54, 1.807) is 30.5 Å². The zero-order valence-electron chi connectivity index (χ0n) is 21.8. The van der Waals surface area contributed by atoms with E-state index in [1.807, 2.05) is 12.1 Å². The summed E-state index contributed by atoms with van der Waals surface area (Å²) in [5.41, 5.74) is 1.90. The maximum Gasteiger partial charge on any atom is 0.416 e. The van der Waals surface area contributed by atoms with Crippen molar-refractivity contribution in [3.05, 3.63) is 83.6 Å². The average Bonchev–Trinajstić information content (AvgIpc) is 2.92. The maximum absolute atomic E-state index is 12.9. The van der Waals surface area contributed by atoms with E-state index in [9.17, 15) is 22.8 Å². The van der Waals surface area contributed by atoms with Crippen molar-refractivity contribution in [2.24, 2.45) is 0 Å². The van der Waals surface area contributed by atoms with Crippen LogP contribution >= 0.6 is 0 Å². The molecule has 0 bridgehead atoms. The standard InChI is InChI=1S/C30H33F3N2O4/c1-2-3-4-5-6-24(20-39-26-14-9-22(10-15-26)29(38)34-18-17-28(36)37)23-11-16-27(35-19-23)21-7-12-25(13-8-21)30(31,32)33/h7-16,19,24H,2-6,17-18,20H2,1H3,(H,34,38)(H,36,37). The first-order valence-corrected chi connectivity index (χ1v) is 13.0. The van der Waals surface area contributed by atoms with Crippen molar-refractivity contribution in [3.8, 4) is 17.0 Å². The zero-order chi connectivity index (χ0) is 28.3. The molecule has 0 radical (unpaired) electrons. The first-order valence-electron chi connectivity index (χ1n) is 13.0. The maximum atomic E-state index is 12.9. The third-order valence-corrected chi connectivity index (χ3v) is 6.36. The molecular weight excluding hydrogens is 509 g/mol. The molecule has 1 amide bonds. The van der Waals surface area contributed by atoms with Gasteiger partial charge in [-0.2, -0.15) is 13.2 Å². The fourth-order valence-electron chi connectivity index (χ4n) is 4.10. The van der Waals surface area contributed by atoms with Crippen molar-refractivity contribution >= 4 is 11.9 Å². The van der Waals surface area contributed by atoms with E-state index < -0.39 is 17.7 Å². The molecule has 3 aromatic rings. The molecule has 6 nitrogen and oxygen atoms in total. The van der Waals surface area contributed by atoms with E-state index in [0.29, 0.717) is 29.2 Å². The molecule has 2 aromatic carbocycles. The van der Waals surface area contributed by atoms with Gasteiger partial charge in [-0.25, -0.2) is 0 Å². The molecule has 0 saturated heterocycles. The minimum Gasteiger partial charge on any atom is -0.493 e. The minimum atomic E-state index is -4.38. The topological polar surface area (TPSA) is 88.5 Å². The van der Waals surface area contributed by atoms with Crippen LogP contribution in [-0.2, 0) is 11.0 Å². The van der Waals surface area contributed by atoms with E-state index >= 15 is 0 Å². The Bertz CT molecular complexity index is 1190. The number of nitrogens with one attached hydrogen (secondary N) is 1. The number of carboxylic acid groups (broad SMARTS) is 1. The van der Waals surface area contributed by atoms with E-state index in [4.69, 9.17) is 9.84 Å². The zero-order valence-corrected chi connectivity index (χ0v) is 21.8. The van der Waals surface area contributed by atoms with Gasteiger partial charge in [-0.3, -0.25) is 14.6 Å². The Morgan fingerprint density at radius 3 is 2.28 bits per heavy atom. The lowest BCUT2D eigenvalue weighted by molar-refractivity contribution is -0.138. The van der Waals surface area contributed by atoms with Gasteiger partial charge in [0, 0.05) is 29.8 Å². The molecule has 0 fully saturated rings. The molecular formula is C30H33F3N2O4. The van der Waals surface area contributed by atoms with E-state index in [0.717, 1.165) is 49.8 Å². The number of carbonyl (C=O) groups excluding carboxylic acids is 1. The molecule has 2 N–H and O–H groups in total. The van der Waals surface area contributed by atoms with Gasteiger partial charge in [0.05, 0.1) is 24.3 Å². The number of unbranched alkanes of at least 4 members (excludes halogenated alkanes) is 3. The summed E-state index contributed by atoms with van der Waals surface area (Å²) in [6, 6.07) is 15.4. The number of aromatic nitrogens is 1. The van der Waals surface area contributed by atoms with Crippen LogP contribution in [-0.4, -0.2) is 35.1 Å². The highest BCUT2D eigenvalue weighted by Crippen LogP contribution is 2.31. The van der Waals surface area contributed by atoms with Crippen LogP contribution in [0.5, 0.6) is 5.75 Å². The van der Waals surface area contributed by atoms with Crippen LogP contribution in [0.3, 0.4) is 0 Å². The Labute approximate surface area is 226 Å². The second-order valence-electron chi connectivity index (χ2n) is 9.33. The fourth-order valence-corrected chi connectivity index (χ4v) is 4.10. The first-order chi connectivity index (χ1) is 18.7. The quantitative estimate of drug-likeness (QED) is 0.212. The molecule has 1 aromatic heterocycles. The molecule has 1 unspecified atom stereocenters. The van der Waals surface area contributed by atoms with Gasteiger partial charge in [-0.15, -0.1) is 0 Å². The van der Waals surface area contributed by atoms with Crippen LogP contribution in [0, 0.1) is 0 Å². The largest absolute Gasteiger partial charge is 0.493 e. The van der Waals surface area contributed by atoms with Gasteiger partial charge >= 0.3 is 12.1 Å². The Hall–Kier alpha value is -3.88. The van der Waals surface area contributed by atoms with Crippen LogP contribution in [0.4, 0.5) is 13.2 Å². The third-order valence-electron chi connectivity index (χ3n) is 6.36. The number of amides is 1. The van der Waals surface area contributed by atoms with Crippen molar-refractivity contribution in [1.82, 2.24) is 10.3 Å². The second kappa shape index (κ2) is 14.3. The number of pyridine rings is 1. The van der Waals surface area contributed by atoms with Crippen molar-refractivity contribution < 1.29 is 32.6 Å². The summed E-state index contributed by atoms with van der Waals surface area (Å²) in [7, 11) is 0. The number of ether oxygens (including phenoxy) is 1. The molecule has 0 aliphatic heterocycles. The van der Waals surface area contributed by atoms with Gasteiger partial charge in [0.15, 0.2) is 0 Å². The first kappa shape index (κ1) is 29.7. The van der Waals surface area contributed by atoms with Crippen molar-refractivity contribution in [2.45, 2.75) is 57.5 Å². The number of carbonyl (C=O) groups is 2. The molecule has 0 aliphatic rings. The third kappa shape index (κ3) is 9.42. The molecule has 9 heteroatoms. The number of alkyl halides is 3. The van der Waals surface area contributed by atoms with Crippen molar-refractivity contribution in [2.75, 3.05) is 13.2 Å². The van der Waals surface area contributed by atoms with Crippen LogP contribution in [0.2, 0.25) is 0 Å². The highest BCUT2D eigenvalue weighted by Gasteiger charge is 2.30. The Morgan fingerprint density at radius 1 is 0.974 bits per heavy atom. The van der Waals surface area contributed by atoms with Crippen LogP contribution < -0.4 is 10.1 Å². The van der Waals surface area contributed by atoms with E-state index in [1.165, 1.54) is 12.1 Å². The predicted octanol–water partition coefficient (Wildman–Crippen LogP) is 7.10. The number of rotatable bonds is 14. The number of nitrogens with zero attached hydrogens (tertiary/aromatic N) is 1. The van der Waals surface area contributed by atoms with Gasteiger partial charge in [0.2, 0.25) is 0 Å². The number of hydrogen-bond acceptors (Lipinski definition) is 4. The van der Waals surface area contributed by atoms with Gasteiger partial charge in [0.1, 0.15) is 5.75 Å². The lowest BCUT2D eigenvalue weighted by Gasteiger charge is -2.19. The van der Waals surface area contributed by atoms with Crippen LogP contribution in [0.15, 0.2) is 66.9 Å². The summed E-state index contributed by atoms with van der Waals surface area (Å²) in [5.74, 6) is -0.663. The van der Waals surface area contributed by atoms with Crippen molar-refractivity contribution in [1.29, 1.82) is 0 Å². The molecule has 1 heterocycles. The summed E-state index contributed by atoms with van der Waals surface area (Å²) in [6.45, 7) is 2.61. The average molecular weight is 543 g/mol. The van der Waals surface area contributed by atoms with Gasteiger partial charge in [-0.05, 0) is 54.4 Å². The Kier molecular flexibility index (Phi) is 10.9. The minimum absolute atomic E-state index is 0.0534. The highest BCUT2D eigenvalue weighted by molar-refractivity contribution is 5.94. The summed E-state index contributed by atoms with van der Waals surface area (Å²) in [4.78, 5) is 27.3. The number of halogens is 3. The molecule has 1 atom stereocenters. The highest BCUT2D eigenvalue weighted by atomic mass is 19.4. The SMILES string of the molecule is CCCCCCC(COc1ccc(C(=O)NCCC(=O)O)cc1)c1ccc(-c2ccc(C(F)(F)F)cc2)nc1. The number of aliphatic carboxylic acids is 1. The van der Waals surface area contributed by atoms with Crippen molar-refractivity contribution in [3.63, 3.8) is 0 Å². The lowest BCUT2D eigenvalue weighted by atomic mass is 9.94. The molecule has 0 aliphatic carbocycles. The monoisotopic (exact) mass is 542 g/mol. The normalized spacial score (nSPS) is 12.1. The van der Waals surface area contributed by atoms with E-state index in [2.05, 4.69) is 17.2 Å². The lowest BCUT2D eigenvalue weighted by Crippen LogP contribution is -2.25. The van der Waals surface area contributed by atoms with Crippen LogP contribution in [0.1, 0.15) is 72.9 Å². The van der Waals surface area contributed by atoms with Gasteiger partial charge in [0.25, 0.3) is 5.91 Å². The summed E-state index contributed by atoms with van der Waals surface area (Å²) < 4.78 is 44.7. The summed E-state index contributed by atoms with van der Waals surface area (Å²) in [6.07, 6.45) is 2.53. The molecule has 3 rings (SSSR count). The molecule has 0 spiro atoms. The number of hydrogen-bond donors (Lipinski definition) is 2. The van der Waals surface area contributed by atoms with Crippen LogP contribution in [0.25, 0.3) is 11.3 Å². The smallest absolute Gasteiger partial charge is 0.416 e. The molecule has 0 saturated carbocycles. The van der Waals surface area contributed by atoms with Gasteiger partial charge in [-0.1, -0.05) is 50.8 Å². The summed E-state index contributed by atoms with van der Waals surface area (Å²) >= 11 is 0. The fraction of sp³-hybridized carbons (Fsp3) is 0.367. The molecule has 208 valence electrons. The summed E-state index contributed by atoms with van der Waals surface area (Å²) in [5, 5.41) is 11.3. The predicted molar refractivity (Wildman–Crippen MR) is 143 cm³/mol. The number of carboxylic acids is 1. The van der Waals surface area contributed by atoms with Gasteiger partial charge < -0.3 is 15.2 Å². The van der Waals surface area contributed by atoms with E-state index in [-0.39, 0.29) is 24.8 Å². The number of benzene rings is 2. The second-order valence-corrected chi connectivity index (χ2v) is 9.33. The Balaban J connectivity index is 1.65. The molecule has 39 heavy (non-hydrogen) atoms.